The standard InChI is InChI=1S/C11H20N2O2S/c1-3-9-12-11(5-6-11)10(14)13(9)7-8-16(15)4-2/h9,12H,3-8H2,1-2H3. The van der Waals surface area contributed by atoms with Crippen molar-refractivity contribution >= 4 is 16.7 Å². The van der Waals surface area contributed by atoms with Crippen LogP contribution in [0.1, 0.15) is 33.1 Å². The number of hydrogen-bond donors (Lipinski definition) is 1. The monoisotopic (exact) mass is 244 g/mol. The average Bonchev–Trinajstić information content (AvgIpc) is 3.02. The first-order valence-corrected chi connectivity index (χ1v) is 7.55. The molecule has 1 saturated heterocycles. The van der Waals surface area contributed by atoms with Crippen LogP contribution in [0.2, 0.25) is 0 Å². The van der Waals surface area contributed by atoms with Crippen LogP contribution in [0.3, 0.4) is 0 Å². The molecule has 2 aliphatic rings. The molecule has 1 aliphatic heterocycles. The Morgan fingerprint density at radius 3 is 2.69 bits per heavy atom. The maximum absolute atomic E-state index is 12.1. The smallest absolute Gasteiger partial charge is 0.244 e. The molecule has 2 fully saturated rings. The van der Waals surface area contributed by atoms with Crippen LogP contribution in [0.25, 0.3) is 0 Å². The van der Waals surface area contributed by atoms with Gasteiger partial charge in [-0.2, -0.15) is 0 Å². The number of nitrogens with one attached hydrogen (secondary N) is 1. The van der Waals surface area contributed by atoms with E-state index in [2.05, 4.69) is 12.2 Å². The second kappa shape index (κ2) is 4.45. The van der Waals surface area contributed by atoms with Gasteiger partial charge in [-0.3, -0.25) is 14.3 Å². The van der Waals surface area contributed by atoms with E-state index in [1.54, 1.807) is 0 Å². The van der Waals surface area contributed by atoms with Crippen LogP contribution in [0.5, 0.6) is 0 Å². The minimum atomic E-state index is -0.781. The molecule has 2 atom stereocenters. The number of rotatable bonds is 5. The van der Waals surface area contributed by atoms with Crippen molar-refractivity contribution in [3.8, 4) is 0 Å². The number of amides is 1. The lowest BCUT2D eigenvalue weighted by Gasteiger charge is -2.22. The third kappa shape index (κ3) is 2.02. The van der Waals surface area contributed by atoms with Gasteiger partial charge < -0.3 is 4.90 Å². The summed E-state index contributed by atoms with van der Waals surface area (Å²) in [6, 6.07) is 0. The van der Waals surface area contributed by atoms with Gasteiger partial charge in [0.1, 0.15) is 0 Å². The summed E-state index contributed by atoms with van der Waals surface area (Å²) in [5, 5.41) is 3.41. The summed E-state index contributed by atoms with van der Waals surface area (Å²) in [5.74, 6) is 1.51. The van der Waals surface area contributed by atoms with Crippen molar-refractivity contribution in [2.45, 2.75) is 44.8 Å². The molecule has 1 N–H and O–H groups in total. The molecule has 0 aromatic carbocycles. The van der Waals surface area contributed by atoms with E-state index >= 15 is 0 Å². The van der Waals surface area contributed by atoms with Gasteiger partial charge in [-0.15, -0.1) is 0 Å². The average molecular weight is 244 g/mol. The maximum Gasteiger partial charge on any atom is 0.244 e. The fourth-order valence-corrected chi connectivity index (χ4v) is 2.97. The summed E-state index contributed by atoms with van der Waals surface area (Å²) in [7, 11) is -0.781. The van der Waals surface area contributed by atoms with Gasteiger partial charge in [0.2, 0.25) is 5.91 Å². The van der Waals surface area contributed by atoms with Crippen molar-refractivity contribution in [3.63, 3.8) is 0 Å². The maximum atomic E-state index is 12.1. The fourth-order valence-electron chi connectivity index (χ4n) is 2.28. The summed E-state index contributed by atoms with van der Waals surface area (Å²) in [6.45, 7) is 4.63. The second-order valence-electron chi connectivity index (χ2n) is 4.58. The van der Waals surface area contributed by atoms with Crippen LogP contribution in [0.15, 0.2) is 0 Å². The number of carbonyl (C=O) groups excluding carboxylic acids is 1. The summed E-state index contributed by atoms with van der Waals surface area (Å²) < 4.78 is 11.4. The number of hydrogen-bond acceptors (Lipinski definition) is 3. The van der Waals surface area contributed by atoms with Crippen LogP contribution < -0.4 is 5.32 Å². The zero-order chi connectivity index (χ0) is 11.8. The summed E-state index contributed by atoms with van der Waals surface area (Å²) in [6.07, 6.45) is 3.02. The Kier molecular flexibility index (Phi) is 3.35. The van der Waals surface area contributed by atoms with Gasteiger partial charge in [-0.1, -0.05) is 13.8 Å². The van der Waals surface area contributed by atoms with Crippen LogP contribution in [-0.2, 0) is 15.6 Å². The molecule has 1 amide bonds. The quantitative estimate of drug-likeness (QED) is 0.764. The highest BCUT2D eigenvalue weighted by molar-refractivity contribution is 7.84. The van der Waals surface area contributed by atoms with Crippen molar-refractivity contribution in [2.75, 3.05) is 18.1 Å². The molecule has 1 aliphatic carbocycles. The normalized spacial score (nSPS) is 28.8. The Bertz CT molecular complexity index is 315. The van der Waals surface area contributed by atoms with Crippen molar-refractivity contribution in [3.05, 3.63) is 0 Å². The van der Waals surface area contributed by atoms with E-state index in [1.807, 2.05) is 11.8 Å². The van der Waals surface area contributed by atoms with Gasteiger partial charge in [0.25, 0.3) is 0 Å². The Labute approximate surface area is 99.2 Å². The lowest BCUT2D eigenvalue weighted by atomic mass is 10.3. The Morgan fingerprint density at radius 1 is 1.50 bits per heavy atom. The zero-order valence-corrected chi connectivity index (χ0v) is 10.8. The highest BCUT2D eigenvalue weighted by Crippen LogP contribution is 2.42. The van der Waals surface area contributed by atoms with E-state index in [0.717, 1.165) is 19.3 Å². The van der Waals surface area contributed by atoms with Gasteiger partial charge in [0.05, 0.1) is 11.7 Å². The van der Waals surface area contributed by atoms with E-state index in [9.17, 15) is 9.00 Å². The fraction of sp³-hybridized carbons (Fsp3) is 0.909. The van der Waals surface area contributed by atoms with E-state index in [0.29, 0.717) is 18.1 Å². The molecule has 0 radical (unpaired) electrons. The third-order valence-electron chi connectivity index (χ3n) is 3.51. The molecule has 0 aromatic heterocycles. The predicted molar refractivity (Wildman–Crippen MR) is 64.4 cm³/mol. The van der Waals surface area contributed by atoms with E-state index in [1.165, 1.54) is 0 Å². The molecule has 1 spiro atoms. The molecule has 16 heavy (non-hydrogen) atoms. The van der Waals surface area contributed by atoms with Crippen molar-refractivity contribution in [1.82, 2.24) is 10.2 Å². The SMILES string of the molecule is CCC1NC2(CC2)C(=O)N1CCS(=O)CC. The number of nitrogens with zero attached hydrogens (tertiary/aromatic N) is 1. The Morgan fingerprint density at radius 2 is 2.19 bits per heavy atom. The molecule has 2 rings (SSSR count). The van der Waals surface area contributed by atoms with Gasteiger partial charge in [-0.25, -0.2) is 0 Å². The van der Waals surface area contributed by atoms with Crippen molar-refractivity contribution < 1.29 is 9.00 Å². The van der Waals surface area contributed by atoms with Crippen LogP contribution >= 0.6 is 0 Å². The molecule has 92 valence electrons. The lowest BCUT2D eigenvalue weighted by Crippen LogP contribution is -2.39. The lowest BCUT2D eigenvalue weighted by molar-refractivity contribution is -0.130. The molecule has 2 unspecified atom stereocenters. The van der Waals surface area contributed by atoms with Gasteiger partial charge in [0.15, 0.2) is 0 Å². The van der Waals surface area contributed by atoms with Crippen LogP contribution in [-0.4, -0.2) is 44.8 Å². The third-order valence-corrected chi connectivity index (χ3v) is 4.79. The zero-order valence-electron chi connectivity index (χ0n) is 9.99. The molecule has 4 nitrogen and oxygen atoms in total. The van der Waals surface area contributed by atoms with Gasteiger partial charge in [0, 0.05) is 28.9 Å². The molecule has 0 bridgehead atoms. The topological polar surface area (TPSA) is 49.4 Å². The minimum absolute atomic E-state index is 0.156. The number of carbonyl (C=O) groups is 1. The molecule has 5 heteroatoms. The summed E-state index contributed by atoms with van der Waals surface area (Å²) >= 11 is 0. The molecule has 1 heterocycles. The highest BCUT2D eigenvalue weighted by atomic mass is 32.2. The predicted octanol–water partition coefficient (Wildman–Crippen LogP) is 0.455. The van der Waals surface area contributed by atoms with Gasteiger partial charge >= 0.3 is 0 Å². The first-order chi connectivity index (χ1) is 7.63. The van der Waals surface area contributed by atoms with Crippen molar-refractivity contribution in [2.24, 2.45) is 0 Å². The van der Waals surface area contributed by atoms with Crippen LogP contribution in [0.4, 0.5) is 0 Å². The second-order valence-corrected chi connectivity index (χ2v) is 6.45. The molecule has 0 aromatic rings. The Balaban J connectivity index is 1.96. The Hall–Kier alpha value is -0.420. The van der Waals surface area contributed by atoms with E-state index in [-0.39, 0.29) is 17.6 Å². The molecular formula is C11H20N2O2S. The largest absolute Gasteiger partial charge is 0.325 e. The van der Waals surface area contributed by atoms with Crippen LogP contribution in [0, 0.1) is 0 Å². The molecular weight excluding hydrogens is 224 g/mol. The van der Waals surface area contributed by atoms with Gasteiger partial charge in [-0.05, 0) is 19.3 Å². The summed E-state index contributed by atoms with van der Waals surface area (Å²) in [5.41, 5.74) is -0.228. The van der Waals surface area contributed by atoms with E-state index < -0.39 is 10.8 Å². The summed E-state index contributed by atoms with van der Waals surface area (Å²) in [4.78, 5) is 14.0. The highest BCUT2D eigenvalue weighted by Gasteiger charge is 2.58. The minimum Gasteiger partial charge on any atom is -0.325 e. The van der Waals surface area contributed by atoms with Crippen molar-refractivity contribution in [1.29, 1.82) is 0 Å². The first kappa shape index (κ1) is 12.0. The first-order valence-electron chi connectivity index (χ1n) is 6.06. The molecule has 1 saturated carbocycles. The van der Waals surface area contributed by atoms with E-state index in [4.69, 9.17) is 0 Å².